The number of ether oxygens (including phenoxy) is 1. The van der Waals surface area contributed by atoms with Gasteiger partial charge >= 0.3 is 174 Å². The van der Waals surface area contributed by atoms with Gasteiger partial charge in [0, 0.05) is 0 Å². The van der Waals surface area contributed by atoms with Gasteiger partial charge in [0.25, 0.3) is 0 Å². The summed E-state index contributed by atoms with van der Waals surface area (Å²) < 4.78 is 9.08. The SMILES string of the molecule is c1ccc(-c2cccc3[c]2[Po][c]2c(ccc4ccc5cccnc5c24)O3)nc1. The molecule has 1 aliphatic heterocycles. The number of hydrogen-bond donors (Lipinski definition) is 0. The maximum absolute atomic E-state index is 6.38. The Kier molecular flexibility index (Phi) is 3.67. The van der Waals surface area contributed by atoms with Crippen LogP contribution in [0.25, 0.3) is 32.9 Å². The second kappa shape index (κ2) is 6.36. The molecule has 3 heterocycles. The number of benzene rings is 3. The summed E-state index contributed by atoms with van der Waals surface area (Å²) in [5.74, 6) is 1.97. The first-order chi connectivity index (χ1) is 13.9. The van der Waals surface area contributed by atoms with Crippen molar-refractivity contribution in [2.75, 3.05) is 0 Å². The van der Waals surface area contributed by atoms with Gasteiger partial charge in [0.15, 0.2) is 0 Å². The van der Waals surface area contributed by atoms with Gasteiger partial charge in [-0.05, 0) is 0 Å². The number of rotatable bonds is 1. The van der Waals surface area contributed by atoms with Crippen LogP contribution in [0.5, 0.6) is 11.5 Å². The van der Waals surface area contributed by atoms with Gasteiger partial charge in [-0.1, -0.05) is 0 Å². The predicted octanol–water partition coefficient (Wildman–Crippen LogP) is 4.21. The minimum atomic E-state index is -1.10. The fourth-order valence-corrected chi connectivity index (χ4v) is 8.49. The summed E-state index contributed by atoms with van der Waals surface area (Å²) in [7, 11) is 0. The molecule has 0 aliphatic carbocycles. The van der Waals surface area contributed by atoms with E-state index in [1.807, 2.05) is 30.6 Å². The Labute approximate surface area is 173 Å². The molecule has 5 aromatic rings. The zero-order valence-corrected chi connectivity index (χ0v) is 18.0. The Morgan fingerprint density at radius 2 is 1.50 bits per heavy atom. The molecule has 3 aromatic carbocycles. The fraction of sp³-hybridized carbons (Fsp3) is 0. The first kappa shape index (κ1) is 16.2. The molecular formula is C24H14N2OPo. The monoisotopic (exact) mass is 555 g/mol. The Morgan fingerprint density at radius 1 is 0.643 bits per heavy atom. The topological polar surface area (TPSA) is 35.0 Å². The molecule has 0 N–H and O–H groups in total. The van der Waals surface area contributed by atoms with E-state index >= 15 is 0 Å². The van der Waals surface area contributed by atoms with Crippen LogP contribution in [0.1, 0.15) is 0 Å². The van der Waals surface area contributed by atoms with Gasteiger partial charge in [-0.25, -0.2) is 0 Å². The average Bonchev–Trinajstić information content (AvgIpc) is 2.77. The van der Waals surface area contributed by atoms with Gasteiger partial charge in [0.05, 0.1) is 0 Å². The van der Waals surface area contributed by atoms with Crippen molar-refractivity contribution in [1.82, 2.24) is 9.97 Å². The molecule has 0 spiro atoms. The average molecular weight is 555 g/mol. The number of aromatic nitrogens is 2. The Bertz CT molecular complexity index is 1370. The van der Waals surface area contributed by atoms with Crippen LogP contribution in [0.15, 0.2) is 85.2 Å². The quantitative estimate of drug-likeness (QED) is 0.286. The van der Waals surface area contributed by atoms with Crippen molar-refractivity contribution in [2.45, 2.75) is 0 Å². The third-order valence-electron chi connectivity index (χ3n) is 5.02. The number of pyridine rings is 2. The summed E-state index contributed by atoms with van der Waals surface area (Å²) in [6.45, 7) is 0. The van der Waals surface area contributed by atoms with E-state index in [-0.39, 0.29) is 0 Å². The Balaban J connectivity index is 1.63. The molecule has 0 unspecified atom stereocenters. The van der Waals surface area contributed by atoms with E-state index in [0.717, 1.165) is 22.7 Å². The van der Waals surface area contributed by atoms with Crippen LogP contribution in [0.3, 0.4) is 0 Å². The maximum atomic E-state index is 6.38. The summed E-state index contributed by atoms with van der Waals surface area (Å²) in [4.78, 5) is 9.30. The van der Waals surface area contributed by atoms with E-state index in [1.54, 1.807) is 0 Å². The van der Waals surface area contributed by atoms with Gasteiger partial charge < -0.3 is 0 Å². The molecule has 0 fully saturated rings. The van der Waals surface area contributed by atoms with Crippen molar-refractivity contribution in [3.05, 3.63) is 85.2 Å². The van der Waals surface area contributed by atoms with Crippen molar-refractivity contribution in [1.29, 1.82) is 0 Å². The first-order valence-electron chi connectivity index (χ1n) is 9.09. The van der Waals surface area contributed by atoms with Crippen LogP contribution < -0.4 is 11.2 Å². The van der Waals surface area contributed by atoms with Crippen molar-refractivity contribution in [3.63, 3.8) is 0 Å². The predicted molar refractivity (Wildman–Crippen MR) is 114 cm³/mol. The number of hydrogen-bond acceptors (Lipinski definition) is 3. The summed E-state index contributed by atoms with van der Waals surface area (Å²) >= 11 is -1.10. The summed E-state index contributed by atoms with van der Waals surface area (Å²) in [6, 6.07) is 25.1. The van der Waals surface area contributed by atoms with Gasteiger partial charge in [-0.3, -0.25) is 0 Å². The van der Waals surface area contributed by atoms with E-state index in [0.29, 0.717) is 0 Å². The van der Waals surface area contributed by atoms with Crippen molar-refractivity contribution < 1.29 is 4.74 Å². The zero-order valence-electron chi connectivity index (χ0n) is 14.8. The van der Waals surface area contributed by atoms with E-state index in [9.17, 15) is 0 Å². The molecule has 0 atom stereocenters. The molecular weight excluding hydrogens is 541 g/mol. The standard InChI is InChI=1S/C24H14N2O.Po/c1-2-13-25-23(8-1)19-5-3-7-20(15-19)27-21-12-11-17-9-10-18-6-4-14-26-24(18)22(17)16-21;/h1-14H;. The molecule has 3 nitrogen and oxygen atoms in total. The van der Waals surface area contributed by atoms with Crippen LogP contribution in [-0.2, 0) is 0 Å². The van der Waals surface area contributed by atoms with Crippen LogP contribution in [0.2, 0.25) is 0 Å². The van der Waals surface area contributed by atoms with Crippen molar-refractivity contribution in [2.24, 2.45) is 0 Å². The molecule has 6 rings (SSSR count). The minimum absolute atomic E-state index is 0.980. The summed E-state index contributed by atoms with van der Waals surface area (Å²) in [5, 5.41) is 3.65. The molecule has 0 saturated heterocycles. The van der Waals surface area contributed by atoms with Crippen molar-refractivity contribution in [3.8, 4) is 22.8 Å². The van der Waals surface area contributed by atoms with Crippen molar-refractivity contribution >= 4 is 51.7 Å². The van der Waals surface area contributed by atoms with Gasteiger partial charge in [0.2, 0.25) is 0 Å². The molecule has 2 aromatic heterocycles. The van der Waals surface area contributed by atoms with Gasteiger partial charge in [0.1, 0.15) is 0 Å². The van der Waals surface area contributed by atoms with Gasteiger partial charge in [-0.2, -0.15) is 0 Å². The Hall–Kier alpha value is -2.82. The second-order valence-electron chi connectivity index (χ2n) is 6.68. The molecule has 28 heavy (non-hydrogen) atoms. The molecule has 4 heteroatoms. The molecule has 0 radical (unpaired) electrons. The van der Waals surface area contributed by atoms with Gasteiger partial charge in [-0.15, -0.1) is 0 Å². The normalized spacial score (nSPS) is 12.4. The van der Waals surface area contributed by atoms with Crippen LogP contribution in [0.4, 0.5) is 0 Å². The molecule has 132 valence electrons. The van der Waals surface area contributed by atoms with E-state index in [1.165, 1.54) is 28.2 Å². The van der Waals surface area contributed by atoms with Crippen LogP contribution in [-0.4, -0.2) is 33.5 Å². The number of nitrogens with zero attached hydrogens (tertiary/aromatic N) is 2. The molecule has 0 bridgehead atoms. The van der Waals surface area contributed by atoms with Crippen LogP contribution in [0, 0.1) is 0 Å². The summed E-state index contributed by atoms with van der Waals surface area (Å²) in [6.07, 6.45) is 3.73. The third kappa shape index (κ3) is 2.45. The Morgan fingerprint density at radius 3 is 2.43 bits per heavy atom. The molecule has 0 saturated carbocycles. The third-order valence-corrected chi connectivity index (χ3v) is 9.82. The van der Waals surface area contributed by atoms with E-state index < -0.39 is 23.6 Å². The first-order valence-corrected chi connectivity index (χ1v) is 12.3. The van der Waals surface area contributed by atoms with E-state index in [2.05, 4.69) is 59.6 Å². The second-order valence-corrected chi connectivity index (χ2v) is 10.7. The van der Waals surface area contributed by atoms with E-state index in [4.69, 9.17) is 9.72 Å². The summed E-state index contributed by atoms with van der Waals surface area (Å²) in [5.41, 5.74) is 3.27. The molecule has 0 amide bonds. The fourth-order valence-electron chi connectivity index (χ4n) is 3.73. The zero-order chi connectivity index (χ0) is 18.5. The van der Waals surface area contributed by atoms with Crippen LogP contribution >= 0.6 is 0 Å². The molecule has 1 aliphatic rings. The number of fused-ring (bicyclic) bond motifs is 6.